The molecular formula is C30H33NO6. The number of carbonyl (C=O) groups excluding carboxylic acids is 3. The molecule has 2 aromatic rings. The molecule has 0 saturated heterocycles. The predicted molar refractivity (Wildman–Crippen MR) is 139 cm³/mol. The zero-order valence-electron chi connectivity index (χ0n) is 21.9. The number of allylic oxidation sites excluding steroid dienone is 3. The van der Waals surface area contributed by atoms with Gasteiger partial charge in [0.15, 0.2) is 5.78 Å². The first-order valence-corrected chi connectivity index (χ1v) is 12.6. The molecule has 1 aliphatic carbocycles. The first kappa shape index (κ1) is 26.2. The van der Waals surface area contributed by atoms with Gasteiger partial charge in [0.1, 0.15) is 11.7 Å². The smallest absolute Gasteiger partial charge is 0.336 e. The van der Waals surface area contributed by atoms with E-state index in [0.717, 1.165) is 16.7 Å². The molecule has 0 unspecified atom stereocenters. The molecule has 0 amide bonds. The summed E-state index contributed by atoms with van der Waals surface area (Å²) in [4.78, 5) is 40.8. The van der Waals surface area contributed by atoms with Crippen molar-refractivity contribution in [1.82, 2.24) is 5.32 Å². The van der Waals surface area contributed by atoms with Gasteiger partial charge in [-0.05, 0) is 51.3 Å². The van der Waals surface area contributed by atoms with Crippen LogP contribution in [-0.2, 0) is 23.9 Å². The number of aryl methyl sites for hydroxylation is 1. The maximum Gasteiger partial charge on any atom is 0.336 e. The Kier molecular flexibility index (Phi) is 7.81. The van der Waals surface area contributed by atoms with Crippen LogP contribution in [0, 0.1) is 12.8 Å². The molecule has 0 radical (unpaired) electrons. The Balaban J connectivity index is 1.91. The molecule has 4 rings (SSSR count). The van der Waals surface area contributed by atoms with Crippen molar-refractivity contribution in [3.8, 4) is 5.75 Å². The third kappa shape index (κ3) is 4.90. The zero-order valence-corrected chi connectivity index (χ0v) is 21.9. The zero-order chi connectivity index (χ0) is 26.7. The summed E-state index contributed by atoms with van der Waals surface area (Å²) in [6, 6.07) is 15.1. The van der Waals surface area contributed by atoms with E-state index in [-0.39, 0.29) is 19.0 Å². The average Bonchev–Trinajstić information content (AvgIpc) is 2.88. The van der Waals surface area contributed by atoms with Crippen molar-refractivity contribution in [2.24, 2.45) is 5.92 Å². The van der Waals surface area contributed by atoms with E-state index in [1.807, 2.05) is 62.4 Å². The van der Waals surface area contributed by atoms with Crippen molar-refractivity contribution in [3.63, 3.8) is 0 Å². The van der Waals surface area contributed by atoms with Crippen molar-refractivity contribution < 1.29 is 28.6 Å². The van der Waals surface area contributed by atoms with Crippen molar-refractivity contribution in [2.75, 3.05) is 20.3 Å². The maximum atomic E-state index is 14.3. The normalized spacial score (nSPS) is 21.2. The third-order valence-electron chi connectivity index (χ3n) is 7.00. The van der Waals surface area contributed by atoms with E-state index in [9.17, 15) is 14.4 Å². The summed E-state index contributed by atoms with van der Waals surface area (Å²) in [6.45, 7) is 7.62. The van der Waals surface area contributed by atoms with Crippen LogP contribution in [0.15, 0.2) is 71.1 Å². The Bertz CT molecular complexity index is 1270. The molecule has 0 aromatic heterocycles. The van der Waals surface area contributed by atoms with E-state index in [4.69, 9.17) is 14.2 Å². The van der Waals surface area contributed by atoms with Crippen LogP contribution in [0.25, 0.3) is 0 Å². The van der Waals surface area contributed by atoms with Crippen LogP contribution in [0.2, 0.25) is 0 Å². The maximum absolute atomic E-state index is 14.3. The van der Waals surface area contributed by atoms with Gasteiger partial charge in [0.05, 0.1) is 25.9 Å². The molecule has 0 saturated carbocycles. The van der Waals surface area contributed by atoms with Gasteiger partial charge in [0.2, 0.25) is 0 Å². The van der Waals surface area contributed by atoms with E-state index in [1.54, 1.807) is 21.0 Å². The molecule has 37 heavy (non-hydrogen) atoms. The van der Waals surface area contributed by atoms with E-state index in [2.05, 4.69) is 5.32 Å². The summed E-state index contributed by atoms with van der Waals surface area (Å²) in [5.41, 5.74) is 4.70. The highest BCUT2D eigenvalue weighted by Crippen LogP contribution is 2.49. The van der Waals surface area contributed by atoms with Crippen LogP contribution >= 0.6 is 0 Å². The Morgan fingerprint density at radius 2 is 1.65 bits per heavy atom. The molecule has 0 fully saturated rings. The molecule has 7 heteroatoms. The number of Topliss-reactive ketones (excluding diaryl/α,β-unsaturated/α-hetero) is 1. The first-order chi connectivity index (χ1) is 17.8. The molecule has 7 nitrogen and oxygen atoms in total. The number of dihydropyridines is 1. The quantitative estimate of drug-likeness (QED) is 0.432. The van der Waals surface area contributed by atoms with Gasteiger partial charge in [-0.2, -0.15) is 0 Å². The van der Waals surface area contributed by atoms with Gasteiger partial charge in [0.25, 0.3) is 0 Å². The van der Waals surface area contributed by atoms with Crippen LogP contribution in [0.4, 0.5) is 0 Å². The second-order valence-corrected chi connectivity index (χ2v) is 9.27. The van der Waals surface area contributed by atoms with E-state index in [1.165, 1.54) is 0 Å². The number of hydrogen-bond acceptors (Lipinski definition) is 7. The van der Waals surface area contributed by atoms with Gasteiger partial charge in [-0.1, -0.05) is 48.0 Å². The lowest BCUT2D eigenvalue weighted by atomic mass is 9.67. The molecule has 1 N–H and O–H groups in total. The molecule has 1 aliphatic heterocycles. The number of nitrogens with one attached hydrogen (secondary N) is 1. The fraction of sp³-hybridized carbons (Fsp3) is 0.367. The number of ether oxygens (including phenoxy) is 3. The van der Waals surface area contributed by atoms with Crippen molar-refractivity contribution >= 4 is 17.7 Å². The van der Waals surface area contributed by atoms with E-state index < -0.39 is 29.7 Å². The van der Waals surface area contributed by atoms with Gasteiger partial charge in [-0.3, -0.25) is 9.59 Å². The number of esters is 2. The van der Waals surface area contributed by atoms with Crippen LogP contribution in [0.5, 0.6) is 5.75 Å². The van der Waals surface area contributed by atoms with Crippen molar-refractivity contribution in [3.05, 3.63) is 87.8 Å². The minimum absolute atomic E-state index is 0.153. The topological polar surface area (TPSA) is 90.9 Å². The number of methoxy groups -OCH3 is 1. The number of hydrogen-bond donors (Lipinski definition) is 1. The minimum atomic E-state index is -1.08. The second kappa shape index (κ2) is 11.0. The first-order valence-electron chi connectivity index (χ1n) is 12.6. The third-order valence-corrected chi connectivity index (χ3v) is 7.00. The predicted octanol–water partition coefficient (Wildman–Crippen LogP) is 4.72. The monoisotopic (exact) mass is 503 g/mol. The largest absolute Gasteiger partial charge is 0.496 e. The Labute approximate surface area is 217 Å². The molecule has 3 atom stereocenters. The number of ketones is 1. The highest BCUT2D eigenvalue weighted by atomic mass is 16.5. The van der Waals surface area contributed by atoms with Crippen LogP contribution in [0.1, 0.15) is 55.7 Å². The fourth-order valence-electron chi connectivity index (χ4n) is 5.37. The lowest BCUT2D eigenvalue weighted by molar-refractivity contribution is -0.152. The SMILES string of the molecule is CCOC(=O)C1=C(C)NC2=C(C(=O)[C@H](C(=O)OCC)[C@H](c3ccccc3OC)C2)[C@@H]1c1ccc(C)cc1. The Morgan fingerprint density at radius 3 is 2.30 bits per heavy atom. The van der Waals surface area contributed by atoms with Crippen LogP contribution in [0.3, 0.4) is 0 Å². The highest BCUT2D eigenvalue weighted by molar-refractivity contribution is 6.13. The number of benzene rings is 2. The Morgan fingerprint density at radius 1 is 0.973 bits per heavy atom. The van der Waals surface area contributed by atoms with Gasteiger partial charge < -0.3 is 19.5 Å². The van der Waals surface area contributed by atoms with Gasteiger partial charge in [0, 0.05) is 28.8 Å². The van der Waals surface area contributed by atoms with E-state index >= 15 is 0 Å². The van der Waals surface area contributed by atoms with Gasteiger partial charge in [-0.25, -0.2) is 4.79 Å². The lowest BCUT2D eigenvalue weighted by Gasteiger charge is -2.39. The molecule has 1 heterocycles. The summed E-state index contributed by atoms with van der Waals surface area (Å²) < 4.78 is 16.4. The number of rotatable bonds is 7. The molecule has 2 aromatic carbocycles. The fourth-order valence-corrected chi connectivity index (χ4v) is 5.37. The van der Waals surface area contributed by atoms with E-state index in [0.29, 0.717) is 34.7 Å². The summed E-state index contributed by atoms with van der Waals surface area (Å²) in [5.74, 6) is -3.07. The molecule has 194 valence electrons. The summed E-state index contributed by atoms with van der Waals surface area (Å²) >= 11 is 0. The van der Waals surface area contributed by atoms with Gasteiger partial charge in [-0.15, -0.1) is 0 Å². The Hall–Kier alpha value is -3.87. The molecule has 2 aliphatic rings. The van der Waals surface area contributed by atoms with Crippen molar-refractivity contribution in [1.29, 1.82) is 0 Å². The molecule has 0 bridgehead atoms. The summed E-state index contributed by atoms with van der Waals surface area (Å²) in [5, 5.41) is 3.32. The lowest BCUT2D eigenvalue weighted by Crippen LogP contribution is -2.43. The summed E-state index contributed by atoms with van der Waals surface area (Å²) in [7, 11) is 1.57. The molecule has 0 spiro atoms. The second-order valence-electron chi connectivity index (χ2n) is 9.27. The number of para-hydroxylation sites is 1. The van der Waals surface area contributed by atoms with Crippen LogP contribution in [-0.4, -0.2) is 38.0 Å². The molecular weight excluding hydrogens is 470 g/mol. The standard InChI is InChI=1S/C30H33NO6/c1-6-36-29(33)24-18(4)31-22-16-21(20-10-8-9-11-23(20)35-5)26(30(34)37-7-2)28(32)27(22)25(24)19-14-12-17(3)13-15-19/h8-15,21,25-26,31H,6-7,16H2,1-5H3/t21-,25+,26+/m0/s1. The van der Waals surface area contributed by atoms with Gasteiger partial charge >= 0.3 is 11.9 Å². The van der Waals surface area contributed by atoms with Crippen LogP contribution < -0.4 is 10.1 Å². The van der Waals surface area contributed by atoms with Crippen molar-refractivity contribution in [2.45, 2.75) is 46.0 Å². The highest BCUT2D eigenvalue weighted by Gasteiger charge is 2.49. The summed E-state index contributed by atoms with van der Waals surface area (Å²) in [6.07, 6.45) is 0.376. The number of carbonyl (C=O) groups is 3. The minimum Gasteiger partial charge on any atom is -0.496 e. The average molecular weight is 504 g/mol.